The van der Waals surface area contributed by atoms with Gasteiger partial charge in [0.05, 0.1) is 5.52 Å². The molecular formula is C15H20N2. The fraction of sp³-hybridized carbons (Fsp3) is 0.400. The van der Waals surface area contributed by atoms with Crippen molar-refractivity contribution in [3.05, 3.63) is 35.4 Å². The summed E-state index contributed by atoms with van der Waals surface area (Å²) in [5.74, 6) is 0.668. The van der Waals surface area contributed by atoms with E-state index in [1.54, 1.807) is 0 Å². The zero-order valence-electron chi connectivity index (χ0n) is 10.7. The van der Waals surface area contributed by atoms with Crippen LogP contribution in [0.15, 0.2) is 24.3 Å². The van der Waals surface area contributed by atoms with Gasteiger partial charge in [0.15, 0.2) is 0 Å². The van der Waals surface area contributed by atoms with Crippen molar-refractivity contribution in [2.24, 2.45) is 0 Å². The number of nitrogens with two attached hydrogens (primary N) is 1. The van der Waals surface area contributed by atoms with Gasteiger partial charge in [0.1, 0.15) is 5.82 Å². The second-order valence-corrected chi connectivity index (χ2v) is 4.52. The normalized spacial score (nSPS) is 10.9. The van der Waals surface area contributed by atoms with Crippen molar-refractivity contribution in [2.75, 3.05) is 5.73 Å². The predicted octanol–water partition coefficient (Wildman–Crippen LogP) is 3.72. The molecule has 1 heterocycles. The Bertz CT molecular complexity index is 518. The van der Waals surface area contributed by atoms with E-state index in [1.165, 1.54) is 23.8 Å². The lowest BCUT2D eigenvalue weighted by Gasteiger charge is -2.07. The number of benzene rings is 1. The van der Waals surface area contributed by atoms with Crippen molar-refractivity contribution >= 4 is 16.7 Å². The van der Waals surface area contributed by atoms with Gasteiger partial charge in [0.2, 0.25) is 0 Å². The van der Waals surface area contributed by atoms with E-state index in [1.807, 2.05) is 0 Å². The van der Waals surface area contributed by atoms with Crippen molar-refractivity contribution in [3.63, 3.8) is 0 Å². The summed E-state index contributed by atoms with van der Waals surface area (Å²) in [6, 6.07) is 8.66. The molecule has 90 valence electrons. The molecule has 0 saturated carbocycles. The lowest BCUT2D eigenvalue weighted by atomic mass is 10.0. The molecule has 0 fully saturated rings. The molecule has 0 bridgehead atoms. The Labute approximate surface area is 103 Å². The van der Waals surface area contributed by atoms with Crippen LogP contribution in [0.5, 0.6) is 0 Å². The molecule has 0 spiro atoms. The van der Waals surface area contributed by atoms with Crippen LogP contribution in [0, 0.1) is 0 Å². The summed E-state index contributed by atoms with van der Waals surface area (Å²) in [5, 5.41) is 1.21. The third kappa shape index (κ3) is 2.57. The van der Waals surface area contributed by atoms with Gasteiger partial charge in [-0.1, -0.05) is 26.3 Å². The highest BCUT2D eigenvalue weighted by Crippen LogP contribution is 2.21. The molecule has 17 heavy (non-hydrogen) atoms. The number of unbranched alkanes of at least 4 members (excludes halogenated alkanes) is 1. The van der Waals surface area contributed by atoms with Gasteiger partial charge in [0.25, 0.3) is 0 Å². The Kier molecular flexibility index (Phi) is 3.62. The minimum atomic E-state index is 0.668. The first-order valence-electron chi connectivity index (χ1n) is 6.42. The van der Waals surface area contributed by atoms with E-state index in [9.17, 15) is 0 Å². The number of anilines is 1. The van der Waals surface area contributed by atoms with Crippen molar-refractivity contribution in [1.82, 2.24) is 4.98 Å². The number of aryl methyl sites for hydroxylation is 2. The first-order chi connectivity index (χ1) is 8.24. The standard InChI is InChI=1S/C15H20N2/c1-3-5-6-11-7-8-14-13(9-11)10-12(4-2)15(16)17-14/h7-10H,3-6H2,1-2H3,(H2,16,17). The first kappa shape index (κ1) is 11.9. The molecule has 0 radical (unpaired) electrons. The summed E-state index contributed by atoms with van der Waals surface area (Å²) in [6.45, 7) is 4.33. The van der Waals surface area contributed by atoms with Gasteiger partial charge in [-0.15, -0.1) is 0 Å². The summed E-state index contributed by atoms with van der Waals surface area (Å²) in [7, 11) is 0. The highest BCUT2D eigenvalue weighted by molar-refractivity contribution is 5.82. The van der Waals surface area contributed by atoms with Gasteiger partial charge in [-0.25, -0.2) is 4.98 Å². The number of nitrogens with zero attached hydrogens (tertiary/aromatic N) is 1. The summed E-state index contributed by atoms with van der Waals surface area (Å²) in [6.07, 6.45) is 4.57. The number of aromatic nitrogens is 1. The van der Waals surface area contributed by atoms with Gasteiger partial charge >= 0.3 is 0 Å². The Morgan fingerprint density at radius 3 is 2.71 bits per heavy atom. The molecule has 2 rings (SSSR count). The molecule has 2 N–H and O–H groups in total. The second-order valence-electron chi connectivity index (χ2n) is 4.52. The van der Waals surface area contributed by atoms with Gasteiger partial charge in [-0.2, -0.15) is 0 Å². The van der Waals surface area contributed by atoms with Crippen LogP contribution in [0.3, 0.4) is 0 Å². The van der Waals surface area contributed by atoms with Crippen LogP contribution in [-0.4, -0.2) is 4.98 Å². The highest BCUT2D eigenvalue weighted by Gasteiger charge is 2.03. The topological polar surface area (TPSA) is 38.9 Å². The maximum atomic E-state index is 5.90. The van der Waals surface area contributed by atoms with E-state index in [4.69, 9.17) is 5.73 Å². The Balaban J connectivity index is 2.41. The van der Waals surface area contributed by atoms with Crippen LogP contribution in [0.2, 0.25) is 0 Å². The van der Waals surface area contributed by atoms with Crippen molar-refractivity contribution in [1.29, 1.82) is 0 Å². The molecule has 0 aliphatic heterocycles. The van der Waals surface area contributed by atoms with Crippen molar-refractivity contribution < 1.29 is 0 Å². The summed E-state index contributed by atoms with van der Waals surface area (Å²) in [4.78, 5) is 4.45. The average Bonchev–Trinajstić information content (AvgIpc) is 2.35. The molecule has 0 saturated heterocycles. The Hall–Kier alpha value is -1.57. The Morgan fingerprint density at radius 2 is 2.00 bits per heavy atom. The lowest BCUT2D eigenvalue weighted by Crippen LogP contribution is -1.97. The maximum absolute atomic E-state index is 5.90. The third-order valence-electron chi connectivity index (χ3n) is 3.19. The van der Waals surface area contributed by atoms with E-state index >= 15 is 0 Å². The summed E-state index contributed by atoms with van der Waals surface area (Å²) >= 11 is 0. The first-order valence-corrected chi connectivity index (χ1v) is 6.42. The number of rotatable bonds is 4. The van der Waals surface area contributed by atoms with E-state index in [0.29, 0.717) is 5.82 Å². The van der Waals surface area contributed by atoms with Crippen molar-refractivity contribution in [2.45, 2.75) is 39.5 Å². The second kappa shape index (κ2) is 5.17. The van der Waals surface area contributed by atoms with Gasteiger partial charge in [-0.05, 0) is 48.6 Å². The molecule has 0 aliphatic rings. The molecule has 1 aromatic carbocycles. The molecular weight excluding hydrogens is 208 g/mol. The summed E-state index contributed by atoms with van der Waals surface area (Å²) < 4.78 is 0. The fourth-order valence-electron chi connectivity index (χ4n) is 2.10. The van der Waals surface area contributed by atoms with E-state index in [2.05, 4.69) is 43.1 Å². The molecule has 0 aliphatic carbocycles. The molecule has 0 atom stereocenters. The van der Waals surface area contributed by atoms with Crippen LogP contribution in [0.1, 0.15) is 37.8 Å². The monoisotopic (exact) mass is 228 g/mol. The lowest BCUT2D eigenvalue weighted by molar-refractivity contribution is 0.796. The zero-order chi connectivity index (χ0) is 12.3. The van der Waals surface area contributed by atoms with Gasteiger partial charge in [-0.3, -0.25) is 0 Å². The minimum Gasteiger partial charge on any atom is -0.383 e. The van der Waals surface area contributed by atoms with Crippen LogP contribution >= 0.6 is 0 Å². The van der Waals surface area contributed by atoms with Crippen LogP contribution in [0.4, 0.5) is 5.82 Å². The zero-order valence-corrected chi connectivity index (χ0v) is 10.7. The number of fused-ring (bicyclic) bond motifs is 1. The average molecular weight is 228 g/mol. The highest BCUT2D eigenvalue weighted by atomic mass is 14.8. The van der Waals surface area contributed by atoms with E-state index in [0.717, 1.165) is 23.9 Å². The van der Waals surface area contributed by atoms with Gasteiger partial charge < -0.3 is 5.73 Å². The number of pyridine rings is 1. The molecule has 0 amide bonds. The van der Waals surface area contributed by atoms with E-state index < -0.39 is 0 Å². The molecule has 1 aromatic heterocycles. The minimum absolute atomic E-state index is 0.668. The quantitative estimate of drug-likeness (QED) is 0.866. The Morgan fingerprint density at radius 1 is 1.18 bits per heavy atom. The summed E-state index contributed by atoms with van der Waals surface area (Å²) in [5.41, 5.74) is 9.44. The number of hydrogen-bond acceptors (Lipinski definition) is 2. The van der Waals surface area contributed by atoms with Crippen LogP contribution in [-0.2, 0) is 12.8 Å². The SMILES string of the molecule is CCCCc1ccc2nc(N)c(CC)cc2c1. The van der Waals surface area contributed by atoms with Gasteiger partial charge in [0, 0.05) is 5.39 Å². The number of hydrogen-bond donors (Lipinski definition) is 1. The predicted molar refractivity (Wildman–Crippen MR) is 74.1 cm³/mol. The molecule has 2 nitrogen and oxygen atoms in total. The van der Waals surface area contributed by atoms with Crippen LogP contribution in [0.25, 0.3) is 10.9 Å². The third-order valence-corrected chi connectivity index (χ3v) is 3.19. The van der Waals surface area contributed by atoms with Crippen LogP contribution < -0.4 is 5.73 Å². The smallest absolute Gasteiger partial charge is 0.127 e. The molecule has 2 aromatic rings. The van der Waals surface area contributed by atoms with E-state index in [-0.39, 0.29) is 0 Å². The largest absolute Gasteiger partial charge is 0.383 e. The molecule has 0 unspecified atom stereocenters. The molecule has 2 heteroatoms. The number of nitrogen functional groups attached to an aromatic ring is 1. The maximum Gasteiger partial charge on any atom is 0.127 e. The van der Waals surface area contributed by atoms with Crippen molar-refractivity contribution in [3.8, 4) is 0 Å². The fourth-order valence-corrected chi connectivity index (χ4v) is 2.10.